The Morgan fingerprint density at radius 1 is 1.50 bits per heavy atom. The molecule has 0 aromatic carbocycles. The molecule has 128 valence electrons. The van der Waals surface area contributed by atoms with Crippen molar-refractivity contribution in [2.75, 3.05) is 6.54 Å². The van der Waals surface area contributed by atoms with Gasteiger partial charge in [-0.2, -0.15) is 5.10 Å². The summed E-state index contributed by atoms with van der Waals surface area (Å²) < 4.78 is 1.97. The van der Waals surface area contributed by atoms with E-state index in [9.17, 15) is 4.79 Å². The molecule has 1 unspecified atom stereocenters. The molecule has 0 saturated carbocycles. The van der Waals surface area contributed by atoms with Crippen molar-refractivity contribution in [3.8, 4) is 0 Å². The van der Waals surface area contributed by atoms with Crippen molar-refractivity contribution in [1.29, 1.82) is 0 Å². The van der Waals surface area contributed by atoms with Crippen LogP contribution >= 0.6 is 11.3 Å². The number of hydrogen-bond donors (Lipinski definition) is 1. The first-order chi connectivity index (χ1) is 11.5. The lowest BCUT2D eigenvalue weighted by Gasteiger charge is -2.20. The van der Waals surface area contributed by atoms with E-state index in [1.165, 1.54) is 0 Å². The van der Waals surface area contributed by atoms with Gasteiger partial charge in [-0.3, -0.25) is 9.48 Å². The van der Waals surface area contributed by atoms with Crippen molar-refractivity contribution in [3.63, 3.8) is 0 Å². The highest BCUT2D eigenvalue weighted by atomic mass is 32.1. The standard InChI is InChI=1S/C17H22N4O2S/c1-12-10-13(2)21(19-12)8-5-7-18-16(22)17(3)11-14(20-23-17)15-6-4-9-24-15/h4,6,9-10H,5,7-8,11H2,1-3H3,(H,18,22). The third-order valence-electron chi connectivity index (χ3n) is 4.08. The van der Waals surface area contributed by atoms with Crippen molar-refractivity contribution in [2.45, 2.75) is 45.8 Å². The van der Waals surface area contributed by atoms with Crippen molar-refractivity contribution in [1.82, 2.24) is 15.1 Å². The van der Waals surface area contributed by atoms with Gasteiger partial charge in [0, 0.05) is 25.2 Å². The highest BCUT2D eigenvalue weighted by Crippen LogP contribution is 2.28. The summed E-state index contributed by atoms with van der Waals surface area (Å²) in [5.41, 5.74) is 2.07. The van der Waals surface area contributed by atoms with Crippen LogP contribution in [0, 0.1) is 13.8 Å². The molecule has 0 saturated heterocycles. The van der Waals surface area contributed by atoms with Gasteiger partial charge in [0.05, 0.1) is 10.6 Å². The largest absolute Gasteiger partial charge is 0.379 e. The first kappa shape index (κ1) is 16.7. The number of carbonyl (C=O) groups is 1. The molecule has 3 heterocycles. The Hall–Kier alpha value is -2.15. The Morgan fingerprint density at radius 2 is 2.33 bits per heavy atom. The Balaban J connectivity index is 1.46. The topological polar surface area (TPSA) is 68.5 Å². The Kier molecular flexibility index (Phi) is 4.71. The average Bonchev–Trinajstić information content (AvgIpc) is 3.25. The van der Waals surface area contributed by atoms with Crippen LogP contribution in [0.25, 0.3) is 0 Å². The van der Waals surface area contributed by atoms with Gasteiger partial charge in [-0.1, -0.05) is 11.2 Å². The molecule has 2 aromatic rings. The van der Waals surface area contributed by atoms with Crippen LogP contribution in [-0.2, 0) is 16.2 Å². The van der Waals surface area contributed by atoms with Gasteiger partial charge in [-0.25, -0.2) is 0 Å². The highest BCUT2D eigenvalue weighted by Gasteiger charge is 2.42. The molecule has 24 heavy (non-hydrogen) atoms. The molecule has 3 rings (SSSR count). The average molecular weight is 346 g/mol. The number of oxime groups is 1. The summed E-state index contributed by atoms with van der Waals surface area (Å²) in [5.74, 6) is -0.119. The molecule has 0 fully saturated rings. The van der Waals surface area contributed by atoms with E-state index >= 15 is 0 Å². The summed E-state index contributed by atoms with van der Waals surface area (Å²) in [6.07, 6.45) is 1.32. The lowest BCUT2D eigenvalue weighted by molar-refractivity contribution is -0.141. The summed E-state index contributed by atoms with van der Waals surface area (Å²) in [5, 5.41) is 13.5. The number of thiophene rings is 1. The smallest absolute Gasteiger partial charge is 0.267 e. The van der Waals surface area contributed by atoms with E-state index < -0.39 is 5.60 Å². The van der Waals surface area contributed by atoms with E-state index in [0.717, 1.165) is 34.9 Å². The first-order valence-electron chi connectivity index (χ1n) is 8.06. The lowest BCUT2D eigenvalue weighted by atomic mass is 9.98. The van der Waals surface area contributed by atoms with Crippen LogP contribution in [0.5, 0.6) is 0 Å². The van der Waals surface area contributed by atoms with E-state index in [4.69, 9.17) is 4.84 Å². The van der Waals surface area contributed by atoms with Gasteiger partial charge < -0.3 is 10.2 Å². The molecular formula is C17H22N4O2S. The van der Waals surface area contributed by atoms with E-state index in [0.29, 0.717) is 13.0 Å². The van der Waals surface area contributed by atoms with Crippen LogP contribution in [0.2, 0.25) is 0 Å². The lowest BCUT2D eigenvalue weighted by Crippen LogP contribution is -2.45. The van der Waals surface area contributed by atoms with E-state index in [-0.39, 0.29) is 5.91 Å². The van der Waals surface area contributed by atoms with Crippen LogP contribution < -0.4 is 5.32 Å². The number of amides is 1. The van der Waals surface area contributed by atoms with Gasteiger partial charge in [-0.15, -0.1) is 11.3 Å². The zero-order valence-electron chi connectivity index (χ0n) is 14.2. The number of aromatic nitrogens is 2. The zero-order chi connectivity index (χ0) is 17.2. The molecule has 2 aromatic heterocycles. The number of aryl methyl sites for hydroxylation is 3. The number of nitrogens with one attached hydrogen (secondary N) is 1. The molecule has 1 atom stereocenters. The van der Waals surface area contributed by atoms with Gasteiger partial charge in [0.25, 0.3) is 5.91 Å². The molecule has 0 aliphatic carbocycles. The second kappa shape index (κ2) is 6.76. The van der Waals surface area contributed by atoms with Gasteiger partial charge in [0.2, 0.25) is 5.60 Å². The molecule has 6 nitrogen and oxygen atoms in total. The van der Waals surface area contributed by atoms with Gasteiger partial charge in [0.15, 0.2) is 0 Å². The summed E-state index contributed by atoms with van der Waals surface area (Å²) in [6.45, 7) is 7.18. The molecule has 1 aliphatic heterocycles. The van der Waals surface area contributed by atoms with Crippen molar-refractivity contribution < 1.29 is 9.63 Å². The summed E-state index contributed by atoms with van der Waals surface area (Å²) in [4.78, 5) is 18.9. The molecule has 1 N–H and O–H groups in total. The minimum atomic E-state index is -0.919. The maximum Gasteiger partial charge on any atom is 0.267 e. The number of rotatable bonds is 6. The van der Waals surface area contributed by atoms with Gasteiger partial charge in [-0.05, 0) is 44.7 Å². The maximum absolute atomic E-state index is 12.4. The van der Waals surface area contributed by atoms with Crippen LogP contribution in [0.1, 0.15) is 36.0 Å². The molecule has 0 radical (unpaired) electrons. The Labute approximate surface area is 145 Å². The second-order valence-electron chi connectivity index (χ2n) is 6.27. The highest BCUT2D eigenvalue weighted by molar-refractivity contribution is 7.12. The van der Waals surface area contributed by atoms with Crippen molar-refractivity contribution >= 4 is 23.0 Å². The van der Waals surface area contributed by atoms with Crippen molar-refractivity contribution in [2.24, 2.45) is 5.16 Å². The van der Waals surface area contributed by atoms with Crippen molar-refractivity contribution in [3.05, 3.63) is 39.8 Å². The predicted molar refractivity (Wildman–Crippen MR) is 94.3 cm³/mol. The molecule has 0 bridgehead atoms. The fourth-order valence-electron chi connectivity index (χ4n) is 2.76. The van der Waals surface area contributed by atoms with Crippen LogP contribution in [0.3, 0.4) is 0 Å². The normalized spacial score (nSPS) is 19.9. The predicted octanol–water partition coefficient (Wildman–Crippen LogP) is 2.65. The Bertz CT molecular complexity index is 751. The maximum atomic E-state index is 12.4. The summed E-state index contributed by atoms with van der Waals surface area (Å²) >= 11 is 1.60. The third-order valence-corrected chi connectivity index (χ3v) is 5.00. The minimum absolute atomic E-state index is 0.119. The summed E-state index contributed by atoms with van der Waals surface area (Å²) in [7, 11) is 0. The first-order valence-corrected chi connectivity index (χ1v) is 8.94. The molecule has 7 heteroatoms. The number of nitrogens with zero attached hydrogens (tertiary/aromatic N) is 3. The monoisotopic (exact) mass is 346 g/mol. The fourth-order valence-corrected chi connectivity index (χ4v) is 3.46. The minimum Gasteiger partial charge on any atom is -0.379 e. The fraction of sp³-hybridized carbons (Fsp3) is 0.471. The quantitative estimate of drug-likeness (QED) is 0.818. The van der Waals surface area contributed by atoms with Crippen LogP contribution in [0.4, 0.5) is 0 Å². The molecular weight excluding hydrogens is 324 g/mol. The van der Waals surface area contributed by atoms with Gasteiger partial charge in [0.1, 0.15) is 5.71 Å². The van der Waals surface area contributed by atoms with Crippen LogP contribution in [0.15, 0.2) is 28.7 Å². The van der Waals surface area contributed by atoms with E-state index in [1.54, 1.807) is 18.3 Å². The number of hydrogen-bond acceptors (Lipinski definition) is 5. The molecule has 1 aliphatic rings. The molecule has 0 spiro atoms. The van der Waals surface area contributed by atoms with Crippen LogP contribution in [-0.4, -0.2) is 33.5 Å². The second-order valence-corrected chi connectivity index (χ2v) is 7.22. The SMILES string of the molecule is Cc1cc(C)n(CCCNC(=O)C2(C)CC(c3cccs3)=NO2)n1. The van der Waals surface area contributed by atoms with E-state index in [2.05, 4.69) is 21.6 Å². The zero-order valence-corrected chi connectivity index (χ0v) is 15.0. The summed E-state index contributed by atoms with van der Waals surface area (Å²) in [6, 6.07) is 6.01. The van der Waals surface area contributed by atoms with Gasteiger partial charge >= 0.3 is 0 Å². The Morgan fingerprint density at radius 3 is 3.00 bits per heavy atom. The number of carbonyl (C=O) groups excluding carboxylic acids is 1. The van der Waals surface area contributed by atoms with E-state index in [1.807, 2.05) is 36.0 Å². The molecule has 1 amide bonds. The third kappa shape index (κ3) is 3.51.